The summed E-state index contributed by atoms with van der Waals surface area (Å²) in [6.07, 6.45) is 6.56. The first kappa shape index (κ1) is 11.3. The van der Waals surface area contributed by atoms with E-state index >= 15 is 0 Å². The van der Waals surface area contributed by atoms with E-state index in [2.05, 4.69) is 41.1 Å². The van der Waals surface area contributed by atoms with E-state index in [-0.39, 0.29) is 0 Å². The van der Waals surface area contributed by atoms with Gasteiger partial charge in [-0.2, -0.15) is 0 Å². The predicted molar refractivity (Wildman–Crippen MR) is 65.5 cm³/mol. The van der Waals surface area contributed by atoms with Gasteiger partial charge in [0, 0.05) is 18.6 Å². The van der Waals surface area contributed by atoms with Crippen molar-refractivity contribution < 1.29 is 0 Å². The minimum absolute atomic E-state index is 0.525. The van der Waals surface area contributed by atoms with Crippen LogP contribution in [0.15, 0.2) is 18.7 Å². The van der Waals surface area contributed by atoms with E-state index in [1.165, 1.54) is 6.42 Å². The summed E-state index contributed by atoms with van der Waals surface area (Å²) in [6.45, 7) is 5.66. The summed E-state index contributed by atoms with van der Waals surface area (Å²) in [7, 11) is 2.05. The molecule has 1 aliphatic heterocycles. The van der Waals surface area contributed by atoms with Crippen molar-refractivity contribution in [3.05, 3.63) is 18.7 Å². The van der Waals surface area contributed by atoms with Crippen LogP contribution in [-0.4, -0.2) is 35.6 Å². The summed E-state index contributed by atoms with van der Waals surface area (Å²) < 4.78 is 0. The third-order valence-electron chi connectivity index (χ3n) is 3.82. The summed E-state index contributed by atoms with van der Waals surface area (Å²) >= 11 is 0. The summed E-state index contributed by atoms with van der Waals surface area (Å²) in [4.78, 5) is 10.6. The molecule has 0 aromatic carbocycles. The quantitative estimate of drug-likeness (QED) is 0.815. The predicted octanol–water partition coefficient (Wildman–Crippen LogP) is 1.30. The zero-order valence-corrected chi connectivity index (χ0v) is 10.2. The van der Waals surface area contributed by atoms with Crippen LogP contribution in [0.3, 0.4) is 0 Å². The van der Waals surface area contributed by atoms with Crippen molar-refractivity contribution in [1.29, 1.82) is 0 Å². The van der Waals surface area contributed by atoms with Crippen molar-refractivity contribution in [1.82, 2.24) is 15.3 Å². The first-order chi connectivity index (χ1) is 7.74. The van der Waals surface area contributed by atoms with Crippen LogP contribution in [0, 0.1) is 5.92 Å². The first-order valence-corrected chi connectivity index (χ1v) is 5.93. The molecule has 1 saturated heterocycles. The lowest BCUT2D eigenvalue weighted by molar-refractivity contribution is 0.282. The van der Waals surface area contributed by atoms with Crippen LogP contribution >= 0.6 is 0 Å². The average molecular weight is 220 g/mol. The van der Waals surface area contributed by atoms with Gasteiger partial charge in [-0.1, -0.05) is 6.92 Å². The zero-order valence-electron chi connectivity index (χ0n) is 10.2. The molecule has 2 heterocycles. The van der Waals surface area contributed by atoms with Crippen LogP contribution in [0.25, 0.3) is 0 Å². The van der Waals surface area contributed by atoms with Crippen LogP contribution in [0.2, 0.25) is 0 Å². The van der Waals surface area contributed by atoms with Crippen molar-refractivity contribution in [3.63, 3.8) is 0 Å². The highest BCUT2D eigenvalue weighted by atomic mass is 15.2. The molecule has 0 radical (unpaired) electrons. The molecule has 4 nitrogen and oxygen atoms in total. The fourth-order valence-corrected chi connectivity index (χ4v) is 2.58. The van der Waals surface area contributed by atoms with Gasteiger partial charge in [-0.25, -0.2) is 9.97 Å². The van der Waals surface area contributed by atoms with E-state index in [1.54, 1.807) is 6.33 Å². The Morgan fingerprint density at radius 1 is 1.31 bits per heavy atom. The fraction of sp³-hybridized carbons (Fsp3) is 0.667. The second-order valence-electron chi connectivity index (χ2n) is 4.57. The van der Waals surface area contributed by atoms with Crippen LogP contribution in [0.1, 0.15) is 20.3 Å². The van der Waals surface area contributed by atoms with Gasteiger partial charge in [0.1, 0.15) is 6.33 Å². The van der Waals surface area contributed by atoms with Gasteiger partial charge in [0.15, 0.2) is 0 Å². The Labute approximate surface area is 97.1 Å². The Morgan fingerprint density at radius 3 is 2.62 bits per heavy atom. The van der Waals surface area contributed by atoms with Gasteiger partial charge in [-0.15, -0.1) is 0 Å². The van der Waals surface area contributed by atoms with Crippen molar-refractivity contribution in [2.75, 3.05) is 18.5 Å². The van der Waals surface area contributed by atoms with E-state index in [0.29, 0.717) is 18.0 Å². The number of nitrogens with one attached hydrogen (secondary N) is 1. The van der Waals surface area contributed by atoms with Gasteiger partial charge in [0.2, 0.25) is 0 Å². The van der Waals surface area contributed by atoms with Gasteiger partial charge in [0.05, 0.1) is 18.1 Å². The van der Waals surface area contributed by atoms with E-state index < -0.39 is 0 Å². The Balaban J connectivity index is 2.14. The molecule has 4 heteroatoms. The molecule has 3 atom stereocenters. The highest BCUT2D eigenvalue weighted by Crippen LogP contribution is 2.27. The van der Waals surface area contributed by atoms with E-state index in [9.17, 15) is 0 Å². The largest absolute Gasteiger partial charge is 0.366 e. The Hall–Kier alpha value is -1.16. The lowest BCUT2D eigenvalue weighted by atomic mass is 9.87. The maximum Gasteiger partial charge on any atom is 0.115 e. The second kappa shape index (κ2) is 4.78. The molecule has 1 aromatic rings. The van der Waals surface area contributed by atoms with Crippen LogP contribution < -0.4 is 10.2 Å². The molecule has 1 N–H and O–H groups in total. The smallest absolute Gasteiger partial charge is 0.115 e. The van der Waals surface area contributed by atoms with Crippen LogP contribution in [0.5, 0.6) is 0 Å². The maximum atomic E-state index is 4.09. The molecule has 0 bridgehead atoms. The molecule has 0 spiro atoms. The molecule has 2 rings (SSSR count). The molecule has 0 aliphatic carbocycles. The van der Waals surface area contributed by atoms with Crippen molar-refractivity contribution >= 4 is 5.69 Å². The average Bonchev–Trinajstić information content (AvgIpc) is 2.34. The SMILES string of the molecule is CNC1CCN(c2cncnc2)C(C)C1C. The molecule has 3 unspecified atom stereocenters. The normalized spacial score (nSPS) is 30.4. The summed E-state index contributed by atoms with van der Waals surface area (Å²) in [5, 5.41) is 3.40. The fourth-order valence-electron chi connectivity index (χ4n) is 2.58. The van der Waals surface area contributed by atoms with Crippen LogP contribution in [0.4, 0.5) is 5.69 Å². The van der Waals surface area contributed by atoms with Crippen molar-refractivity contribution in [3.8, 4) is 0 Å². The highest BCUT2D eigenvalue weighted by molar-refractivity contribution is 5.43. The minimum Gasteiger partial charge on any atom is -0.366 e. The number of piperidine rings is 1. The number of rotatable bonds is 2. The molecule has 0 saturated carbocycles. The number of aromatic nitrogens is 2. The number of hydrogen-bond acceptors (Lipinski definition) is 4. The topological polar surface area (TPSA) is 41.0 Å². The van der Waals surface area contributed by atoms with Gasteiger partial charge in [-0.3, -0.25) is 0 Å². The maximum absolute atomic E-state index is 4.09. The minimum atomic E-state index is 0.525. The van der Waals surface area contributed by atoms with E-state index in [0.717, 1.165) is 12.2 Å². The number of anilines is 1. The van der Waals surface area contributed by atoms with Gasteiger partial charge >= 0.3 is 0 Å². The van der Waals surface area contributed by atoms with Gasteiger partial charge < -0.3 is 10.2 Å². The highest BCUT2D eigenvalue weighted by Gasteiger charge is 2.31. The lowest BCUT2D eigenvalue weighted by Gasteiger charge is -2.43. The molecule has 1 fully saturated rings. The molecule has 0 amide bonds. The Kier molecular flexibility index (Phi) is 3.39. The Bertz CT molecular complexity index is 327. The van der Waals surface area contributed by atoms with Gasteiger partial charge in [-0.05, 0) is 26.3 Å². The molecule has 1 aromatic heterocycles. The van der Waals surface area contributed by atoms with E-state index in [4.69, 9.17) is 0 Å². The van der Waals surface area contributed by atoms with E-state index in [1.807, 2.05) is 12.4 Å². The Morgan fingerprint density at radius 2 is 2.00 bits per heavy atom. The first-order valence-electron chi connectivity index (χ1n) is 5.93. The van der Waals surface area contributed by atoms with Crippen molar-refractivity contribution in [2.24, 2.45) is 5.92 Å². The molecule has 88 valence electrons. The number of nitrogens with zero attached hydrogens (tertiary/aromatic N) is 3. The summed E-state index contributed by atoms with van der Waals surface area (Å²) in [5.74, 6) is 0.638. The monoisotopic (exact) mass is 220 g/mol. The molecule has 1 aliphatic rings. The molecule has 16 heavy (non-hydrogen) atoms. The van der Waals surface area contributed by atoms with Crippen molar-refractivity contribution in [2.45, 2.75) is 32.4 Å². The summed E-state index contributed by atoms with van der Waals surface area (Å²) in [5.41, 5.74) is 1.14. The third kappa shape index (κ3) is 2.02. The standard InChI is InChI=1S/C12H20N4/c1-9-10(2)16(5-4-12(9)13-3)11-6-14-8-15-7-11/h6-10,12-13H,4-5H2,1-3H3. The molecular formula is C12H20N4. The lowest BCUT2D eigenvalue weighted by Crippen LogP contribution is -2.52. The second-order valence-corrected chi connectivity index (χ2v) is 4.57. The molecular weight excluding hydrogens is 200 g/mol. The van der Waals surface area contributed by atoms with Crippen LogP contribution in [-0.2, 0) is 0 Å². The third-order valence-corrected chi connectivity index (χ3v) is 3.82. The summed E-state index contributed by atoms with van der Waals surface area (Å²) in [6, 6.07) is 1.15. The number of hydrogen-bond donors (Lipinski definition) is 1. The zero-order chi connectivity index (χ0) is 11.5. The van der Waals surface area contributed by atoms with Gasteiger partial charge in [0.25, 0.3) is 0 Å².